The predicted molar refractivity (Wildman–Crippen MR) is 127 cm³/mol. The maximum atomic E-state index is 13.5. The van der Waals surface area contributed by atoms with Gasteiger partial charge in [0.2, 0.25) is 0 Å². The van der Waals surface area contributed by atoms with Crippen LogP contribution in [0.3, 0.4) is 0 Å². The van der Waals surface area contributed by atoms with Crippen LogP contribution in [0.2, 0.25) is 0 Å². The molecule has 0 spiro atoms. The van der Waals surface area contributed by atoms with Crippen LogP contribution in [0.5, 0.6) is 5.75 Å². The molecule has 8 heteroatoms. The van der Waals surface area contributed by atoms with E-state index in [1.807, 2.05) is 58.0 Å². The molecule has 5 aromatic rings. The standard InChI is InChI=1S/C25H25N5O3/c1-6-29-21-13-27-20-11-18(23-14(2)28-33-16(23)4)22(32-5)12-17(20)24(21)30(25(29)31)15(3)19-9-7-8-10-26-19/h7-13,15H,6H2,1-5H3. The van der Waals surface area contributed by atoms with Crippen LogP contribution in [0.15, 0.2) is 52.0 Å². The molecule has 0 amide bonds. The zero-order valence-corrected chi connectivity index (χ0v) is 19.3. The number of rotatable bonds is 5. The van der Waals surface area contributed by atoms with Crippen molar-refractivity contribution in [3.63, 3.8) is 0 Å². The van der Waals surface area contributed by atoms with E-state index in [4.69, 9.17) is 14.2 Å². The fourth-order valence-corrected chi connectivity index (χ4v) is 4.63. The van der Waals surface area contributed by atoms with E-state index >= 15 is 0 Å². The van der Waals surface area contributed by atoms with E-state index in [9.17, 15) is 4.79 Å². The molecule has 8 nitrogen and oxygen atoms in total. The van der Waals surface area contributed by atoms with Crippen molar-refractivity contribution in [3.05, 3.63) is 70.4 Å². The number of methoxy groups -OCH3 is 1. The van der Waals surface area contributed by atoms with Crippen LogP contribution in [0, 0.1) is 13.8 Å². The molecular weight excluding hydrogens is 418 g/mol. The quantitative estimate of drug-likeness (QED) is 0.393. The van der Waals surface area contributed by atoms with Crippen molar-refractivity contribution < 1.29 is 9.26 Å². The van der Waals surface area contributed by atoms with Gasteiger partial charge < -0.3 is 9.26 Å². The van der Waals surface area contributed by atoms with E-state index in [1.54, 1.807) is 28.6 Å². The smallest absolute Gasteiger partial charge is 0.329 e. The lowest BCUT2D eigenvalue weighted by Crippen LogP contribution is -2.27. The first-order chi connectivity index (χ1) is 16.0. The number of aryl methyl sites for hydroxylation is 3. The lowest BCUT2D eigenvalue weighted by atomic mass is 10.00. The summed E-state index contributed by atoms with van der Waals surface area (Å²) in [6, 6.07) is 9.41. The molecule has 0 saturated heterocycles. The minimum absolute atomic E-state index is 0.0891. The Bertz CT molecular complexity index is 1530. The molecule has 0 aliphatic carbocycles. The second-order valence-corrected chi connectivity index (χ2v) is 8.09. The maximum Gasteiger partial charge on any atom is 0.329 e. The van der Waals surface area contributed by atoms with Crippen molar-refractivity contribution in [1.29, 1.82) is 0 Å². The number of imidazole rings is 1. The third kappa shape index (κ3) is 3.13. The van der Waals surface area contributed by atoms with E-state index in [-0.39, 0.29) is 11.7 Å². The Morgan fingerprint density at radius 2 is 2.00 bits per heavy atom. The van der Waals surface area contributed by atoms with Gasteiger partial charge in [-0.15, -0.1) is 0 Å². The number of aromatic nitrogens is 5. The SMILES string of the molecule is CCn1c(=O)n(C(C)c2ccccn2)c2c3cc(OC)c(-c4c(C)noc4C)cc3ncc21. The van der Waals surface area contributed by atoms with Gasteiger partial charge in [0, 0.05) is 23.7 Å². The van der Waals surface area contributed by atoms with E-state index in [2.05, 4.69) is 10.1 Å². The molecule has 4 aromatic heterocycles. The topological polar surface area (TPSA) is 88.0 Å². The van der Waals surface area contributed by atoms with Crippen LogP contribution in [0.4, 0.5) is 0 Å². The summed E-state index contributed by atoms with van der Waals surface area (Å²) in [4.78, 5) is 22.7. The Hall–Kier alpha value is -3.94. The Morgan fingerprint density at radius 1 is 1.18 bits per heavy atom. The summed E-state index contributed by atoms with van der Waals surface area (Å²) < 4.78 is 14.7. The fourth-order valence-electron chi connectivity index (χ4n) is 4.63. The van der Waals surface area contributed by atoms with E-state index in [0.717, 1.165) is 44.5 Å². The van der Waals surface area contributed by atoms with Crippen molar-refractivity contribution in [3.8, 4) is 16.9 Å². The second-order valence-electron chi connectivity index (χ2n) is 8.09. The highest BCUT2D eigenvalue weighted by Gasteiger charge is 2.24. The summed E-state index contributed by atoms with van der Waals surface area (Å²) >= 11 is 0. The Labute approximate surface area is 190 Å². The molecule has 0 aliphatic rings. The van der Waals surface area contributed by atoms with Gasteiger partial charge in [-0.25, -0.2) is 4.79 Å². The predicted octanol–water partition coefficient (Wildman–Crippen LogP) is 4.66. The molecule has 1 atom stereocenters. The summed E-state index contributed by atoms with van der Waals surface area (Å²) in [5.41, 5.74) is 5.61. The third-order valence-corrected chi connectivity index (χ3v) is 6.23. The molecule has 33 heavy (non-hydrogen) atoms. The van der Waals surface area contributed by atoms with Gasteiger partial charge in [-0.1, -0.05) is 11.2 Å². The van der Waals surface area contributed by atoms with Crippen LogP contribution in [-0.2, 0) is 6.54 Å². The van der Waals surface area contributed by atoms with Crippen LogP contribution >= 0.6 is 0 Å². The van der Waals surface area contributed by atoms with Crippen molar-refractivity contribution in [1.82, 2.24) is 24.3 Å². The van der Waals surface area contributed by atoms with Crippen molar-refractivity contribution in [2.75, 3.05) is 7.11 Å². The second kappa shape index (κ2) is 7.88. The van der Waals surface area contributed by atoms with Crippen LogP contribution in [0.25, 0.3) is 33.1 Å². The summed E-state index contributed by atoms with van der Waals surface area (Å²) in [6.45, 7) is 8.27. The molecule has 1 unspecified atom stereocenters. The van der Waals surface area contributed by atoms with E-state index < -0.39 is 0 Å². The van der Waals surface area contributed by atoms with E-state index in [0.29, 0.717) is 18.1 Å². The monoisotopic (exact) mass is 443 g/mol. The summed E-state index contributed by atoms with van der Waals surface area (Å²) in [5.74, 6) is 1.38. The Balaban J connectivity index is 1.87. The molecule has 0 radical (unpaired) electrons. The van der Waals surface area contributed by atoms with Crippen molar-refractivity contribution in [2.24, 2.45) is 0 Å². The number of hydrogen-bond acceptors (Lipinski definition) is 6. The molecule has 0 saturated carbocycles. The first-order valence-electron chi connectivity index (χ1n) is 10.9. The summed E-state index contributed by atoms with van der Waals surface area (Å²) in [5, 5.41) is 4.93. The van der Waals surface area contributed by atoms with Crippen LogP contribution in [-0.4, -0.2) is 31.4 Å². The minimum Gasteiger partial charge on any atom is -0.496 e. The average Bonchev–Trinajstić information content (AvgIpc) is 3.32. The third-order valence-electron chi connectivity index (χ3n) is 6.23. The number of pyridine rings is 2. The maximum absolute atomic E-state index is 13.5. The Morgan fingerprint density at radius 3 is 2.64 bits per heavy atom. The molecule has 168 valence electrons. The van der Waals surface area contributed by atoms with Gasteiger partial charge in [0.25, 0.3) is 0 Å². The first kappa shape index (κ1) is 20.9. The number of ether oxygens (including phenoxy) is 1. The zero-order valence-electron chi connectivity index (χ0n) is 19.3. The highest BCUT2D eigenvalue weighted by Crippen LogP contribution is 2.39. The van der Waals surface area contributed by atoms with Gasteiger partial charge in [0.1, 0.15) is 11.5 Å². The molecule has 1 aromatic carbocycles. The molecule has 5 rings (SSSR count). The normalized spacial score (nSPS) is 12.5. The zero-order chi connectivity index (χ0) is 23.3. The van der Waals surface area contributed by atoms with Crippen molar-refractivity contribution in [2.45, 2.75) is 40.3 Å². The Kier molecular flexibility index (Phi) is 5.00. The van der Waals surface area contributed by atoms with Gasteiger partial charge >= 0.3 is 5.69 Å². The number of hydrogen-bond donors (Lipinski definition) is 0. The first-order valence-corrected chi connectivity index (χ1v) is 10.9. The van der Waals surface area contributed by atoms with Gasteiger partial charge in [-0.05, 0) is 52.0 Å². The molecule has 0 aliphatic heterocycles. The number of benzene rings is 1. The lowest BCUT2D eigenvalue weighted by molar-refractivity contribution is 0.393. The molecule has 0 fully saturated rings. The molecule has 0 bridgehead atoms. The molecule has 4 heterocycles. The van der Waals surface area contributed by atoms with Gasteiger partial charge in [0.05, 0.1) is 52.8 Å². The highest BCUT2D eigenvalue weighted by molar-refractivity contribution is 6.05. The van der Waals surface area contributed by atoms with E-state index in [1.165, 1.54) is 0 Å². The van der Waals surface area contributed by atoms with Gasteiger partial charge in [-0.2, -0.15) is 0 Å². The average molecular weight is 444 g/mol. The summed E-state index contributed by atoms with van der Waals surface area (Å²) in [7, 11) is 1.64. The minimum atomic E-state index is -0.257. The molecule has 0 N–H and O–H groups in total. The highest BCUT2D eigenvalue weighted by atomic mass is 16.5. The fraction of sp³-hybridized carbons (Fsp3) is 0.280. The van der Waals surface area contributed by atoms with Crippen LogP contribution < -0.4 is 10.4 Å². The van der Waals surface area contributed by atoms with Gasteiger partial charge in [0.15, 0.2) is 0 Å². The number of fused-ring (bicyclic) bond motifs is 3. The van der Waals surface area contributed by atoms with Gasteiger partial charge in [-0.3, -0.25) is 19.1 Å². The summed E-state index contributed by atoms with van der Waals surface area (Å²) in [6.07, 6.45) is 3.52. The van der Waals surface area contributed by atoms with Crippen LogP contribution in [0.1, 0.15) is 37.0 Å². The number of nitrogens with zero attached hydrogens (tertiary/aromatic N) is 5. The lowest BCUT2D eigenvalue weighted by Gasteiger charge is -2.15. The van der Waals surface area contributed by atoms with Crippen molar-refractivity contribution >= 4 is 21.9 Å². The molecular formula is C25H25N5O3. The largest absolute Gasteiger partial charge is 0.496 e.